The number of carbonyl (C=O) groups excluding carboxylic acids is 2. The zero-order chi connectivity index (χ0) is 15.2. The predicted molar refractivity (Wildman–Crippen MR) is 81.2 cm³/mol. The molecule has 1 aliphatic heterocycles. The molecule has 1 heterocycles. The molecule has 1 saturated heterocycles. The van der Waals surface area contributed by atoms with E-state index < -0.39 is 0 Å². The Morgan fingerprint density at radius 1 is 1.38 bits per heavy atom. The Bertz CT molecular complexity index is 516. The number of nitrogens with one attached hydrogen (secondary N) is 1. The number of carbonyl (C=O) groups is 2. The van der Waals surface area contributed by atoms with Crippen molar-refractivity contribution in [2.75, 3.05) is 25.0 Å². The van der Waals surface area contributed by atoms with Crippen LogP contribution < -0.4 is 10.1 Å². The number of hydrogen-bond acceptors (Lipinski definition) is 3. The van der Waals surface area contributed by atoms with Gasteiger partial charge in [0.05, 0.1) is 5.69 Å². The summed E-state index contributed by atoms with van der Waals surface area (Å²) in [6.07, 6.45) is 2.23. The highest BCUT2D eigenvalue weighted by Gasteiger charge is 2.21. The van der Waals surface area contributed by atoms with Gasteiger partial charge in [-0.3, -0.25) is 9.59 Å². The highest BCUT2D eigenvalue weighted by molar-refractivity contribution is 5.90. The average molecular weight is 290 g/mol. The Kier molecular flexibility index (Phi) is 5.20. The monoisotopic (exact) mass is 290 g/mol. The Morgan fingerprint density at radius 3 is 2.86 bits per heavy atom. The lowest BCUT2D eigenvalue weighted by Crippen LogP contribution is -2.41. The molecule has 1 fully saturated rings. The summed E-state index contributed by atoms with van der Waals surface area (Å²) < 4.78 is 5.58. The van der Waals surface area contributed by atoms with Gasteiger partial charge < -0.3 is 15.0 Å². The van der Waals surface area contributed by atoms with Crippen molar-refractivity contribution in [2.24, 2.45) is 5.92 Å². The summed E-state index contributed by atoms with van der Waals surface area (Å²) in [7, 11) is 0. The van der Waals surface area contributed by atoms with E-state index in [1.54, 1.807) is 12.1 Å². The Morgan fingerprint density at radius 2 is 2.14 bits per heavy atom. The van der Waals surface area contributed by atoms with Crippen LogP contribution in [0, 0.1) is 5.92 Å². The van der Waals surface area contributed by atoms with Crippen LogP contribution in [0.3, 0.4) is 0 Å². The van der Waals surface area contributed by atoms with Crippen molar-refractivity contribution in [3.63, 3.8) is 0 Å². The second-order valence-electron chi connectivity index (χ2n) is 5.55. The minimum Gasteiger partial charge on any atom is -0.482 e. The standard InChI is InChI=1S/C16H22N2O3/c1-12-6-5-9-18(10-12)16(20)11-21-15-8-4-3-7-14(15)17-13(2)19/h3-4,7-8,12H,5-6,9-11H2,1-2H3,(H,17,19)/t12-/m0/s1. The number of benzene rings is 1. The van der Waals surface area contributed by atoms with Gasteiger partial charge in [-0.15, -0.1) is 0 Å². The SMILES string of the molecule is CC(=O)Nc1ccccc1OCC(=O)N1CCC[C@H](C)C1. The number of para-hydroxylation sites is 2. The van der Waals surface area contributed by atoms with Crippen LogP contribution >= 0.6 is 0 Å². The number of anilines is 1. The van der Waals surface area contributed by atoms with E-state index >= 15 is 0 Å². The van der Waals surface area contributed by atoms with Crippen LogP contribution in [0.2, 0.25) is 0 Å². The molecule has 0 spiro atoms. The number of hydrogen-bond donors (Lipinski definition) is 1. The molecule has 1 atom stereocenters. The van der Waals surface area contributed by atoms with Crippen LogP contribution in [-0.2, 0) is 9.59 Å². The molecule has 2 rings (SSSR count). The van der Waals surface area contributed by atoms with Gasteiger partial charge >= 0.3 is 0 Å². The first-order chi connectivity index (χ1) is 10.1. The van der Waals surface area contributed by atoms with Gasteiger partial charge in [-0.1, -0.05) is 19.1 Å². The lowest BCUT2D eigenvalue weighted by Gasteiger charge is -2.30. The van der Waals surface area contributed by atoms with Crippen molar-refractivity contribution in [2.45, 2.75) is 26.7 Å². The van der Waals surface area contributed by atoms with Gasteiger partial charge in [-0.05, 0) is 30.9 Å². The zero-order valence-corrected chi connectivity index (χ0v) is 12.6. The summed E-state index contributed by atoms with van der Waals surface area (Å²) in [5.41, 5.74) is 0.588. The molecule has 21 heavy (non-hydrogen) atoms. The number of likely N-dealkylation sites (tertiary alicyclic amines) is 1. The number of amides is 2. The van der Waals surface area contributed by atoms with Gasteiger partial charge in [0.15, 0.2) is 6.61 Å². The van der Waals surface area contributed by atoms with Crippen LogP contribution in [0.1, 0.15) is 26.7 Å². The van der Waals surface area contributed by atoms with Crippen molar-refractivity contribution in [1.29, 1.82) is 0 Å². The fraction of sp³-hybridized carbons (Fsp3) is 0.500. The molecule has 0 radical (unpaired) electrons. The Labute approximate surface area is 125 Å². The molecule has 2 amide bonds. The van der Waals surface area contributed by atoms with Crippen LogP contribution in [-0.4, -0.2) is 36.4 Å². The quantitative estimate of drug-likeness (QED) is 0.925. The lowest BCUT2D eigenvalue weighted by atomic mass is 10.0. The van der Waals surface area contributed by atoms with E-state index in [9.17, 15) is 9.59 Å². The molecule has 5 heteroatoms. The molecule has 1 aromatic rings. The number of rotatable bonds is 4. The predicted octanol–water partition coefficient (Wildman–Crippen LogP) is 2.28. The maximum atomic E-state index is 12.2. The van der Waals surface area contributed by atoms with Crippen LogP contribution in [0.5, 0.6) is 5.75 Å². The van der Waals surface area contributed by atoms with Crippen LogP contribution in [0.15, 0.2) is 24.3 Å². The van der Waals surface area contributed by atoms with E-state index in [2.05, 4.69) is 12.2 Å². The van der Waals surface area contributed by atoms with Gasteiger partial charge in [0.2, 0.25) is 5.91 Å². The summed E-state index contributed by atoms with van der Waals surface area (Å²) >= 11 is 0. The molecule has 1 aliphatic rings. The minimum absolute atomic E-state index is 0.000761. The highest BCUT2D eigenvalue weighted by Crippen LogP contribution is 2.24. The topological polar surface area (TPSA) is 58.6 Å². The minimum atomic E-state index is -0.165. The zero-order valence-electron chi connectivity index (χ0n) is 12.6. The molecule has 1 N–H and O–H groups in total. The smallest absolute Gasteiger partial charge is 0.260 e. The number of ether oxygens (including phenoxy) is 1. The van der Waals surface area contributed by atoms with Gasteiger partial charge in [0, 0.05) is 20.0 Å². The molecule has 0 aromatic heterocycles. The largest absolute Gasteiger partial charge is 0.482 e. The first-order valence-corrected chi connectivity index (χ1v) is 7.33. The van der Waals surface area contributed by atoms with E-state index in [1.165, 1.54) is 13.3 Å². The molecule has 0 saturated carbocycles. The summed E-state index contributed by atoms with van der Waals surface area (Å²) in [6, 6.07) is 7.13. The second-order valence-corrected chi connectivity index (χ2v) is 5.55. The highest BCUT2D eigenvalue weighted by atomic mass is 16.5. The molecular formula is C16H22N2O3. The van der Waals surface area contributed by atoms with Gasteiger partial charge in [-0.25, -0.2) is 0 Å². The van der Waals surface area contributed by atoms with Crippen molar-refractivity contribution < 1.29 is 14.3 Å². The van der Waals surface area contributed by atoms with Crippen molar-refractivity contribution in [3.8, 4) is 5.75 Å². The van der Waals surface area contributed by atoms with Gasteiger partial charge in [0.1, 0.15) is 5.75 Å². The summed E-state index contributed by atoms with van der Waals surface area (Å²) in [5.74, 6) is 0.905. The Balaban J connectivity index is 1.93. The van der Waals surface area contributed by atoms with Crippen molar-refractivity contribution in [1.82, 2.24) is 4.90 Å². The third-order valence-corrected chi connectivity index (χ3v) is 3.56. The summed E-state index contributed by atoms with van der Waals surface area (Å²) in [4.78, 5) is 25.2. The molecule has 5 nitrogen and oxygen atoms in total. The summed E-state index contributed by atoms with van der Waals surface area (Å²) in [6.45, 7) is 5.21. The van der Waals surface area contributed by atoms with E-state index in [-0.39, 0.29) is 18.4 Å². The lowest BCUT2D eigenvalue weighted by molar-refractivity contribution is -0.135. The van der Waals surface area contributed by atoms with Crippen molar-refractivity contribution in [3.05, 3.63) is 24.3 Å². The fourth-order valence-corrected chi connectivity index (χ4v) is 2.53. The third kappa shape index (κ3) is 4.48. The molecule has 114 valence electrons. The maximum Gasteiger partial charge on any atom is 0.260 e. The maximum absolute atomic E-state index is 12.2. The number of nitrogens with zero attached hydrogens (tertiary/aromatic N) is 1. The van der Waals surface area contributed by atoms with Crippen LogP contribution in [0.4, 0.5) is 5.69 Å². The van der Waals surface area contributed by atoms with Crippen molar-refractivity contribution >= 4 is 17.5 Å². The van der Waals surface area contributed by atoms with Gasteiger partial charge in [0.25, 0.3) is 5.91 Å². The normalized spacial score (nSPS) is 18.2. The number of piperidine rings is 1. The molecular weight excluding hydrogens is 268 g/mol. The first kappa shape index (κ1) is 15.4. The third-order valence-electron chi connectivity index (χ3n) is 3.56. The first-order valence-electron chi connectivity index (χ1n) is 7.33. The molecule has 0 bridgehead atoms. The average Bonchev–Trinajstić information content (AvgIpc) is 2.45. The fourth-order valence-electron chi connectivity index (χ4n) is 2.53. The molecule has 0 aliphatic carbocycles. The molecule has 0 unspecified atom stereocenters. The summed E-state index contributed by atoms with van der Waals surface area (Å²) in [5, 5.41) is 2.69. The van der Waals surface area contributed by atoms with E-state index in [0.717, 1.165) is 19.5 Å². The Hall–Kier alpha value is -2.04. The second kappa shape index (κ2) is 7.11. The van der Waals surface area contributed by atoms with E-state index in [1.807, 2.05) is 17.0 Å². The van der Waals surface area contributed by atoms with Crippen LogP contribution in [0.25, 0.3) is 0 Å². The van der Waals surface area contributed by atoms with Gasteiger partial charge in [-0.2, -0.15) is 0 Å². The van der Waals surface area contributed by atoms with E-state index in [4.69, 9.17) is 4.74 Å². The molecule has 1 aromatic carbocycles. The van der Waals surface area contributed by atoms with E-state index in [0.29, 0.717) is 17.4 Å².